The predicted octanol–water partition coefficient (Wildman–Crippen LogP) is 0.936. The van der Waals surface area contributed by atoms with Crippen LogP contribution in [0.4, 0.5) is 4.79 Å². The number of hydrogen-bond acceptors (Lipinski definition) is 4. The highest BCUT2D eigenvalue weighted by Crippen LogP contribution is 2.10. The van der Waals surface area contributed by atoms with Gasteiger partial charge in [0.2, 0.25) is 0 Å². The second-order valence-electron chi connectivity index (χ2n) is 7.27. The van der Waals surface area contributed by atoms with E-state index in [1.807, 2.05) is 32.2 Å². The normalized spacial score (nSPS) is 19.0. The molecule has 1 aliphatic heterocycles. The molecule has 2 atom stereocenters. The van der Waals surface area contributed by atoms with Crippen LogP contribution in [-0.4, -0.2) is 43.3 Å². The Labute approximate surface area is 147 Å². The molecule has 3 amide bonds. The topological polar surface area (TPSA) is 71.9 Å². The number of amides is 3. The van der Waals surface area contributed by atoms with Crippen LogP contribution in [0, 0.1) is 0 Å². The van der Waals surface area contributed by atoms with Gasteiger partial charge in [0.05, 0.1) is 4.88 Å². The van der Waals surface area contributed by atoms with E-state index in [9.17, 15) is 9.59 Å². The van der Waals surface area contributed by atoms with Gasteiger partial charge in [-0.05, 0) is 45.1 Å². The minimum atomic E-state index is -0.444. The van der Waals surface area contributed by atoms with Gasteiger partial charge in [0.15, 0.2) is 6.54 Å². The SMILES string of the molecule is CC(C)(C)NC(=O)NC(=O)C[NH+](Cc1cccs1)C[C@H]1CCCO1. The van der Waals surface area contributed by atoms with Crippen LogP contribution in [0.2, 0.25) is 0 Å². The van der Waals surface area contributed by atoms with Crippen molar-refractivity contribution < 1.29 is 19.2 Å². The second-order valence-corrected chi connectivity index (χ2v) is 8.31. The highest BCUT2D eigenvalue weighted by atomic mass is 32.1. The number of ether oxygens (including phenoxy) is 1. The van der Waals surface area contributed by atoms with Gasteiger partial charge in [-0.2, -0.15) is 0 Å². The molecule has 3 N–H and O–H groups in total. The van der Waals surface area contributed by atoms with Gasteiger partial charge in [0, 0.05) is 12.1 Å². The van der Waals surface area contributed by atoms with Crippen molar-refractivity contribution in [3.8, 4) is 0 Å². The van der Waals surface area contributed by atoms with Gasteiger partial charge >= 0.3 is 6.03 Å². The van der Waals surface area contributed by atoms with Crippen molar-refractivity contribution >= 4 is 23.3 Å². The van der Waals surface area contributed by atoms with E-state index in [1.165, 1.54) is 4.88 Å². The largest absolute Gasteiger partial charge is 0.372 e. The minimum absolute atomic E-state index is 0.205. The Bertz CT molecular complexity index is 534. The monoisotopic (exact) mass is 354 g/mol. The summed E-state index contributed by atoms with van der Waals surface area (Å²) in [4.78, 5) is 26.4. The van der Waals surface area contributed by atoms with E-state index in [0.29, 0.717) is 0 Å². The first-order valence-electron chi connectivity index (χ1n) is 8.41. The molecule has 1 aliphatic rings. The predicted molar refractivity (Wildman–Crippen MR) is 94.1 cm³/mol. The number of nitrogens with one attached hydrogen (secondary N) is 3. The quantitative estimate of drug-likeness (QED) is 0.712. The molecule has 1 fully saturated rings. The van der Waals surface area contributed by atoms with E-state index < -0.39 is 6.03 Å². The van der Waals surface area contributed by atoms with Crippen molar-refractivity contribution in [1.82, 2.24) is 10.6 Å². The molecule has 0 radical (unpaired) electrons. The molecule has 1 aromatic rings. The molecule has 0 aromatic carbocycles. The summed E-state index contributed by atoms with van der Waals surface area (Å²) < 4.78 is 5.70. The summed E-state index contributed by atoms with van der Waals surface area (Å²) in [5.41, 5.74) is -0.369. The first kappa shape index (κ1) is 18.9. The maximum absolute atomic E-state index is 12.2. The van der Waals surface area contributed by atoms with Gasteiger partial charge in [0.1, 0.15) is 19.2 Å². The molecular weight excluding hydrogens is 326 g/mol. The zero-order chi connectivity index (χ0) is 17.6. The highest BCUT2D eigenvalue weighted by Gasteiger charge is 2.25. The summed E-state index contributed by atoms with van der Waals surface area (Å²) in [5.74, 6) is -0.263. The van der Waals surface area contributed by atoms with Crippen LogP contribution >= 0.6 is 11.3 Å². The smallest absolute Gasteiger partial charge is 0.322 e. The maximum atomic E-state index is 12.2. The fourth-order valence-electron chi connectivity index (χ4n) is 2.76. The average molecular weight is 354 g/mol. The summed E-state index contributed by atoms with van der Waals surface area (Å²) in [6.45, 7) is 8.25. The molecule has 2 heterocycles. The van der Waals surface area contributed by atoms with Crippen LogP contribution in [0.1, 0.15) is 38.5 Å². The lowest BCUT2D eigenvalue weighted by atomic mass is 10.1. The second kappa shape index (κ2) is 8.60. The zero-order valence-electron chi connectivity index (χ0n) is 14.7. The van der Waals surface area contributed by atoms with E-state index in [0.717, 1.165) is 37.4 Å². The summed E-state index contributed by atoms with van der Waals surface area (Å²) in [5, 5.41) is 7.20. The van der Waals surface area contributed by atoms with Crippen molar-refractivity contribution in [1.29, 1.82) is 0 Å². The number of rotatable bonds is 6. The van der Waals surface area contributed by atoms with Crippen LogP contribution < -0.4 is 15.5 Å². The molecule has 0 spiro atoms. The van der Waals surface area contributed by atoms with Crippen molar-refractivity contribution in [2.24, 2.45) is 0 Å². The number of carbonyl (C=O) groups excluding carboxylic acids is 2. The van der Waals surface area contributed by atoms with Crippen LogP contribution in [0.25, 0.3) is 0 Å². The first-order chi connectivity index (χ1) is 11.3. The maximum Gasteiger partial charge on any atom is 0.322 e. The van der Waals surface area contributed by atoms with Crippen molar-refractivity contribution in [2.45, 2.75) is 51.8 Å². The Hall–Kier alpha value is -1.44. The van der Waals surface area contributed by atoms with Gasteiger partial charge in [0.25, 0.3) is 5.91 Å². The lowest BCUT2D eigenvalue weighted by Gasteiger charge is -2.23. The number of urea groups is 1. The average Bonchev–Trinajstić information content (AvgIpc) is 3.09. The van der Waals surface area contributed by atoms with Crippen LogP contribution in [0.15, 0.2) is 17.5 Å². The van der Waals surface area contributed by atoms with E-state index in [-0.39, 0.29) is 24.1 Å². The third-order valence-electron chi connectivity index (χ3n) is 3.70. The number of hydrogen-bond donors (Lipinski definition) is 3. The summed E-state index contributed by atoms with van der Waals surface area (Å²) in [6.07, 6.45) is 2.33. The first-order valence-corrected chi connectivity index (χ1v) is 9.29. The van der Waals surface area contributed by atoms with Crippen molar-refractivity contribution in [3.63, 3.8) is 0 Å². The Balaban J connectivity index is 1.88. The Kier molecular flexibility index (Phi) is 6.77. The van der Waals surface area contributed by atoms with Crippen LogP contribution in [0.3, 0.4) is 0 Å². The number of carbonyl (C=O) groups is 2. The minimum Gasteiger partial charge on any atom is -0.372 e. The molecule has 0 saturated carbocycles. The van der Waals surface area contributed by atoms with E-state index in [1.54, 1.807) is 11.3 Å². The van der Waals surface area contributed by atoms with E-state index in [4.69, 9.17) is 4.74 Å². The van der Waals surface area contributed by atoms with Crippen molar-refractivity contribution in [3.05, 3.63) is 22.4 Å². The van der Waals surface area contributed by atoms with E-state index in [2.05, 4.69) is 16.7 Å². The number of imide groups is 1. The van der Waals surface area contributed by atoms with Gasteiger partial charge in [-0.15, -0.1) is 11.3 Å². The summed E-state index contributed by atoms with van der Waals surface area (Å²) in [7, 11) is 0. The Morgan fingerprint density at radius 2 is 2.21 bits per heavy atom. The Morgan fingerprint density at radius 1 is 1.42 bits per heavy atom. The summed E-state index contributed by atoms with van der Waals surface area (Å²) in [6, 6.07) is 3.64. The standard InChI is InChI=1S/C17H27N3O3S/c1-17(2,3)19-16(22)18-15(21)12-20(10-13-6-4-8-23-13)11-14-7-5-9-24-14/h5,7,9,13H,4,6,8,10-12H2,1-3H3,(H2,18,19,21,22)/p+1/t13-/m1/s1. The lowest BCUT2D eigenvalue weighted by Crippen LogP contribution is -3.13. The summed E-state index contributed by atoms with van der Waals surface area (Å²) >= 11 is 1.69. The zero-order valence-corrected chi connectivity index (χ0v) is 15.5. The molecule has 1 saturated heterocycles. The van der Waals surface area contributed by atoms with Crippen molar-refractivity contribution in [2.75, 3.05) is 19.7 Å². The molecule has 24 heavy (non-hydrogen) atoms. The van der Waals surface area contributed by atoms with E-state index >= 15 is 0 Å². The number of thiophene rings is 1. The van der Waals surface area contributed by atoms with Gasteiger partial charge in [-0.1, -0.05) is 6.07 Å². The molecule has 1 unspecified atom stereocenters. The molecular formula is C17H28N3O3S+. The van der Waals surface area contributed by atoms with Gasteiger partial charge < -0.3 is 15.0 Å². The molecule has 0 bridgehead atoms. The molecule has 0 aliphatic carbocycles. The molecule has 7 heteroatoms. The highest BCUT2D eigenvalue weighted by molar-refractivity contribution is 7.09. The number of quaternary nitrogens is 1. The fraction of sp³-hybridized carbons (Fsp3) is 0.647. The molecule has 6 nitrogen and oxygen atoms in total. The fourth-order valence-corrected chi connectivity index (χ4v) is 3.54. The third kappa shape index (κ3) is 6.98. The van der Waals surface area contributed by atoms with Crippen LogP contribution in [-0.2, 0) is 16.1 Å². The molecule has 1 aromatic heterocycles. The molecule has 2 rings (SSSR count). The lowest BCUT2D eigenvalue weighted by molar-refractivity contribution is -0.908. The van der Waals surface area contributed by atoms with Gasteiger partial charge in [-0.25, -0.2) is 4.79 Å². The molecule has 134 valence electrons. The third-order valence-corrected chi connectivity index (χ3v) is 4.57. The Morgan fingerprint density at radius 3 is 2.79 bits per heavy atom. The van der Waals surface area contributed by atoms with Gasteiger partial charge in [-0.3, -0.25) is 10.1 Å². The van der Waals surface area contributed by atoms with Crippen LogP contribution in [0.5, 0.6) is 0 Å².